The second-order valence-corrected chi connectivity index (χ2v) is 4.80. The van der Waals surface area contributed by atoms with Gasteiger partial charge in [-0.2, -0.15) is 0 Å². The lowest BCUT2D eigenvalue weighted by molar-refractivity contribution is 0.895. The average molecular weight is 283 g/mol. The van der Waals surface area contributed by atoms with Gasteiger partial charge in [0.15, 0.2) is 0 Å². The van der Waals surface area contributed by atoms with Crippen LogP contribution in [-0.4, -0.2) is 9.56 Å². The van der Waals surface area contributed by atoms with Crippen molar-refractivity contribution < 1.29 is 0 Å². The van der Waals surface area contributed by atoms with E-state index in [0.717, 1.165) is 10.2 Å². The standard InChI is InChI=1S/C11H11BrN2S/c1-14-8-5-3-2-4-7(8)11(12)9(14)6-10(13)15/h2-5H,6H2,1H3,(H2,13,15). The van der Waals surface area contributed by atoms with Gasteiger partial charge in [-0.1, -0.05) is 30.4 Å². The van der Waals surface area contributed by atoms with Crippen molar-refractivity contribution in [2.24, 2.45) is 12.8 Å². The number of benzene rings is 1. The summed E-state index contributed by atoms with van der Waals surface area (Å²) in [4.78, 5) is 0.515. The summed E-state index contributed by atoms with van der Waals surface area (Å²) in [5, 5.41) is 1.20. The van der Waals surface area contributed by atoms with Gasteiger partial charge in [0.05, 0.1) is 4.99 Å². The molecule has 1 aromatic carbocycles. The molecule has 0 aliphatic rings. The molecule has 2 rings (SSSR count). The zero-order valence-electron chi connectivity index (χ0n) is 8.33. The smallest absolute Gasteiger partial charge is 0.0787 e. The zero-order valence-corrected chi connectivity index (χ0v) is 10.7. The Morgan fingerprint density at radius 2 is 2.13 bits per heavy atom. The molecule has 1 heterocycles. The number of halogens is 1. The topological polar surface area (TPSA) is 30.9 Å². The van der Waals surface area contributed by atoms with E-state index in [1.165, 1.54) is 10.9 Å². The summed E-state index contributed by atoms with van der Waals surface area (Å²) in [5.41, 5.74) is 7.90. The lowest BCUT2D eigenvalue weighted by atomic mass is 10.2. The summed E-state index contributed by atoms with van der Waals surface area (Å²) in [6.45, 7) is 0. The number of rotatable bonds is 2. The molecule has 0 bridgehead atoms. The van der Waals surface area contributed by atoms with Crippen molar-refractivity contribution in [1.29, 1.82) is 0 Å². The Kier molecular flexibility index (Phi) is 2.80. The average Bonchev–Trinajstić information content (AvgIpc) is 2.44. The van der Waals surface area contributed by atoms with E-state index in [0.29, 0.717) is 11.4 Å². The molecule has 0 saturated carbocycles. The van der Waals surface area contributed by atoms with Gasteiger partial charge in [0, 0.05) is 34.5 Å². The first-order valence-electron chi connectivity index (χ1n) is 4.61. The fourth-order valence-electron chi connectivity index (χ4n) is 1.76. The fourth-order valence-corrected chi connectivity index (χ4v) is 2.64. The lowest BCUT2D eigenvalue weighted by Gasteiger charge is -2.03. The van der Waals surface area contributed by atoms with Crippen molar-refractivity contribution in [1.82, 2.24) is 4.57 Å². The maximum atomic E-state index is 5.58. The normalized spacial score (nSPS) is 10.8. The highest BCUT2D eigenvalue weighted by atomic mass is 79.9. The van der Waals surface area contributed by atoms with Crippen molar-refractivity contribution in [2.45, 2.75) is 6.42 Å². The zero-order chi connectivity index (χ0) is 11.0. The van der Waals surface area contributed by atoms with Crippen molar-refractivity contribution in [3.63, 3.8) is 0 Å². The molecule has 0 aliphatic heterocycles. The number of thiocarbonyl (C=S) groups is 1. The van der Waals surface area contributed by atoms with E-state index >= 15 is 0 Å². The minimum absolute atomic E-state index is 0.515. The number of hydrogen-bond donors (Lipinski definition) is 1. The maximum absolute atomic E-state index is 5.58. The van der Waals surface area contributed by atoms with Gasteiger partial charge in [0.25, 0.3) is 0 Å². The first kappa shape index (κ1) is 10.6. The fraction of sp³-hybridized carbons (Fsp3) is 0.182. The number of hydrogen-bond acceptors (Lipinski definition) is 1. The molecule has 0 aliphatic carbocycles. The molecule has 0 saturated heterocycles. The molecule has 2 N–H and O–H groups in total. The number of nitrogens with zero attached hydrogens (tertiary/aromatic N) is 1. The van der Waals surface area contributed by atoms with E-state index in [-0.39, 0.29) is 0 Å². The predicted octanol–water partition coefficient (Wildman–Crippen LogP) is 2.77. The van der Waals surface area contributed by atoms with Crippen molar-refractivity contribution >= 4 is 44.0 Å². The van der Waals surface area contributed by atoms with Crippen LogP contribution in [0.4, 0.5) is 0 Å². The molecule has 78 valence electrons. The monoisotopic (exact) mass is 282 g/mol. The third-order valence-corrected chi connectivity index (χ3v) is 3.53. The van der Waals surface area contributed by atoms with Gasteiger partial charge in [0.1, 0.15) is 0 Å². The largest absolute Gasteiger partial charge is 0.393 e. The Labute approximate surface area is 102 Å². The van der Waals surface area contributed by atoms with Crippen LogP contribution in [0.2, 0.25) is 0 Å². The number of fused-ring (bicyclic) bond motifs is 1. The minimum Gasteiger partial charge on any atom is -0.393 e. The molecular formula is C11H11BrN2S. The molecule has 0 radical (unpaired) electrons. The van der Waals surface area contributed by atoms with E-state index in [9.17, 15) is 0 Å². The third kappa shape index (κ3) is 1.79. The molecule has 2 nitrogen and oxygen atoms in total. The van der Waals surface area contributed by atoms with E-state index < -0.39 is 0 Å². The SMILES string of the molecule is Cn1c(CC(N)=S)c(Br)c2ccccc21. The highest BCUT2D eigenvalue weighted by molar-refractivity contribution is 9.10. The molecular weight excluding hydrogens is 272 g/mol. The quantitative estimate of drug-likeness (QED) is 0.859. The summed E-state index contributed by atoms with van der Waals surface area (Å²) in [5.74, 6) is 0. The van der Waals surface area contributed by atoms with E-state index in [2.05, 4.69) is 32.6 Å². The molecule has 15 heavy (non-hydrogen) atoms. The maximum Gasteiger partial charge on any atom is 0.0787 e. The van der Waals surface area contributed by atoms with Gasteiger partial charge in [0.2, 0.25) is 0 Å². The van der Waals surface area contributed by atoms with Gasteiger partial charge in [-0.05, 0) is 22.0 Å². The highest BCUT2D eigenvalue weighted by Crippen LogP contribution is 2.30. The van der Waals surface area contributed by atoms with E-state index in [1.807, 2.05) is 19.2 Å². The van der Waals surface area contributed by atoms with E-state index in [4.69, 9.17) is 18.0 Å². The Balaban J connectivity index is 2.69. The number of para-hydroxylation sites is 1. The lowest BCUT2D eigenvalue weighted by Crippen LogP contribution is -2.13. The van der Waals surface area contributed by atoms with Gasteiger partial charge < -0.3 is 10.3 Å². The molecule has 0 atom stereocenters. The van der Waals surface area contributed by atoms with Gasteiger partial charge in [-0.3, -0.25) is 0 Å². The predicted molar refractivity (Wildman–Crippen MR) is 71.1 cm³/mol. The summed E-state index contributed by atoms with van der Waals surface area (Å²) < 4.78 is 3.21. The minimum atomic E-state index is 0.515. The Morgan fingerprint density at radius 1 is 1.47 bits per heavy atom. The van der Waals surface area contributed by atoms with Crippen molar-refractivity contribution in [2.75, 3.05) is 0 Å². The molecule has 1 aromatic heterocycles. The molecule has 0 fully saturated rings. The second kappa shape index (κ2) is 3.94. The van der Waals surface area contributed by atoms with Crippen molar-refractivity contribution in [3.8, 4) is 0 Å². The third-order valence-electron chi connectivity index (χ3n) is 2.50. The van der Waals surface area contributed by atoms with Crippen LogP contribution in [0.25, 0.3) is 10.9 Å². The Bertz CT molecular complexity index is 492. The van der Waals surface area contributed by atoms with Crippen LogP contribution in [-0.2, 0) is 13.5 Å². The molecule has 0 amide bonds. The molecule has 4 heteroatoms. The summed E-state index contributed by atoms with van der Waals surface area (Å²) >= 11 is 8.54. The van der Waals surface area contributed by atoms with Crippen LogP contribution in [0.3, 0.4) is 0 Å². The van der Waals surface area contributed by atoms with Crippen LogP contribution in [0.1, 0.15) is 5.69 Å². The van der Waals surface area contributed by atoms with Gasteiger partial charge in [-0.25, -0.2) is 0 Å². The van der Waals surface area contributed by atoms with Gasteiger partial charge in [-0.15, -0.1) is 0 Å². The van der Waals surface area contributed by atoms with Crippen LogP contribution < -0.4 is 5.73 Å². The summed E-state index contributed by atoms with van der Waals surface area (Å²) in [7, 11) is 2.03. The van der Waals surface area contributed by atoms with E-state index in [1.54, 1.807) is 0 Å². The van der Waals surface area contributed by atoms with Crippen LogP contribution in [0.15, 0.2) is 28.7 Å². The number of nitrogens with two attached hydrogens (primary N) is 1. The summed E-state index contributed by atoms with van der Waals surface area (Å²) in [6.07, 6.45) is 0.626. The van der Waals surface area contributed by atoms with Crippen LogP contribution in [0, 0.1) is 0 Å². The molecule has 0 spiro atoms. The Hall–Kier alpha value is -0.870. The van der Waals surface area contributed by atoms with Gasteiger partial charge >= 0.3 is 0 Å². The second-order valence-electron chi connectivity index (χ2n) is 3.48. The first-order chi connectivity index (χ1) is 7.11. The highest BCUT2D eigenvalue weighted by Gasteiger charge is 2.12. The first-order valence-corrected chi connectivity index (χ1v) is 5.81. The summed E-state index contributed by atoms with van der Waals surface area (Å²) in [6, 6.07) is 8.22. The van der Waals surface area contributed by atoms with Crippen molar-refractivity contribution in [3.05, 3.63) is 34.4 Å². The molecule has 2 aromatic rings. The molecule has 0 unspecified atom stereocenters. The van der Waals surface area contributed by atoms with Crippen LogP contribution in [0.5, 0.6) is 0 Å². The number of aromatic nitrogens is 1. The number of aryl methyl sites for hydroxylation is 1. The van der Waals surface area contributed by atoms with Crippen LogP contribution >= 0.6 is 28.1 Å². The Morgan fingerprint density at radius 3 is 2.73 bits per heavy atom.